The first kappa shape index (κ1) is 33.7. The van der Waals surface area contributed by atoms with Crippen LogP contribution in [-0.4, -0.2) is 0 Å². The van der Waals surface area contributed by atoms with Gasteiger partial charge in [-0.2, -0.15) is 0 Å². The zero-order valence-corrected chi connectivity index (χ0v) is 31.9. The molecule has 1 heterocycles. The van der Waals surface area contributed by atoms with Crippen molar-refractivity contribution < 1.29 is 4.42 Å². The van der Waals surface area contributed by atoms with Gasteiger partial charge in [0.25, 0.3) is 0 Å². The molecule has 1 aliphatic rings. The maximum absolute atomic E-state index is 6.32. The van der Waals surface area contributed by atoms with Gasteiger partial charge >= 0.3 is 0 Å². The van der Waals surface area contributed by atoms with E-state index in [1.807, 2.05) is 18.2 Å². The van der Waals surface area contributed by atoms with Gasteiger partial charge in [0.1, 0.15) is 11.2 Å². The van der Waals surface area contributed by atoms with Gasteiger partial charge in [0, 0.05) is 33.1 Å². The van der Waals surface area contributed by atoms with Crippen LogP contribution >= 0.6 is 0 Å². The smallest absolute Gasteiger partial charge is 0.135 e. The van der Waals surface area contributed by atoms with Gasteiger partial charge in [-0.05, 0) is 129 Å². The molecule has 2 heteroatoms. The normalized spacial score (nSPS) is 12.8. The van der Waals surface area contributed by atoms with Crippen LogP contribution in [0, 0.1) is 6.92 Å². The lowest BCUT2D eigenvalue weighted by Crippen LogP contribution is -2.15. The van der Waals surface area contributed by atoms with Gasteiger partial charge in [0.15, 0.2) is 0 Å². The van der Waals surface area contributed by atoms with E-state index in [-0.39, 0.29) is 5.41 Å². The van der Waals surface area contributed by atoms with Crippen molar-refractivity contribution >= 4 is 45.1 Å². The van der Waals surface area contributed by atoms with E-state index >= 15 is 0 Å². The summed E-state index contributed by atoms with van der Waals surface area (Å²) < 4.78 is 6.32. The Balaban J connectivity index is 1.22. The van der Waals surface area contributed by atoms with Crippen LogP contribution in [0.4, 0.5) is 17.1 Å². The predicted octanol–water partition coefficient (Wildman–Crippen LogP) is 15.3. The number of furan rings is 1. The molecule has 1 aliphatic carbocycles. The van der Waals surface area contributed by atoms with Crippen LogP contribution in [0.2, 0.25) is 0 Å². The van der Waals surface area contributed by atoms with Gasteiger partial charge in [-0.25, -0.2) is 0 Å². The zero-order valence-electron chi connectivity index (χ0n) is 31.9. The summed E-state index contributed by atoms with van der Waals surface area (Å²) in [6.07, 6.45) is 2.02. The van der Waals surface area contributed by atoms with Crippen molar-refractivity contribution in [2.24, 2.45) is 0 Å². The summed E-state index contributed by atoms with van der Waals surface area (Å²) in [6.45, 7) is 11.2. The molecule has 0 amide bonds. The summed E-state index contributed by atoms with van der Waals surface area (Å²) in [7, 11) is 0. The highest BCUT2D eigenvalue weighted by atomic mass is 16.3. The van der Waals surface area contributed by atoms with Crippen LogP contribution in [0.3, 0.4) is 0 Å². The van der Waals surface area contributed by atoms with Crippen LogP contribution in [0.5, 0.6) is 0 Å². The van der Waals surface area contributed by atoms with Crippen LogP contribution < -0.4 is 4.90 Å². The van der Waals surface area contributed by atoms with E-state index in [9.17, 15) is 0 Å². The molecule has 0 fully saturated rings. The summed E-state index contributed by atoms with van der Waals surface area (Å²) in [5.74, 6) is 0. The fourth-order valence-electron chi connectivity index (χ4n) is 8.88. The van der Waals surface area contributed by atoms with Gasteiger partial charge in [0.05, 0.1) is 5.69 Å². The van der Waals surface area contributed by atoms with Crippen molar-refractivity contribution in [2.75, 3.05) is 4.90 Å². The third kappa shape index (κ3) is 5.40. The number of aryl methyl sites for hydroxylation is 1. The van der Waals surface area contributed by atoms with Crippen molar-refractivity contribution in [1.82, 2.24) is 0 Å². The molecule has 10 rings (SSSR count). The first-order valence-corrected chi connectivity index (χ1v) is 19.4. The largest absolute Gasteiger partial charge is 0.456 e. The van der Waals surface area contributed by atoms with E-state index in [2.05, 4.69) is 196 Å². The first-order chi connectivity index (χ1) is 27.4. The number of benzene rings is 8. The van der Waals surface area contributed by atoms with Crippen molar-refractivity contribution in [1.29, 1.82) is 0 Å². The molecule has 0 radical (unpaired) electrons. The molecule has 0 atom stereocenters. The van der Waals surface area contributed by atoms with E-state index in [0.29, 0.717) is 0 Å². The highest BCUT2D eigenvalue weighted by molar-refractivity contribution is 6.07. The molecule has 8 aromatic carbocycles. The molecule has 56 heavy (non-hydrogen) atoms. The topological polar surface area (TPSA) is 16.4 Å². The third-order valence-electron chi connectivity index (χ3n) is 11.8. The molecule has 0 unspecified atom stereocenters. The second-order valence-electron chi connectivity index (χ2n) is 15.4. The average Bonchev–Trinajstić information content (AvgIpc) is 3.73. The summed E-state index contributed by atoms with van der Waals surface area (Å²) in [6, 6.07) is 63.7. The second kappa shape index (κ2) is 13.1. The van der Waals surface area contributed by atoms with E-state index in [1.165, 1.54) is 50.1 Å². The minimum atomic E-state index is -0.119. The van der Waals surface area contributed by atoms with Gasteiger partial charge < -0.3 is 9.32 Å². The Morgan fingerprint density at radius 3 is 1.96 bits per heavy atom. The van der Waals surface area contributed by atoms with Gasteiger partial charge in [0.2, 0.25) is 0 Å². The fourth-order valence-corrected chi connectivity index (χ4v) is 8.88. The minimum Gasteiger partial charge on any atom is -0.456 e. The fraction of sp³-hybridized carbons (Fsp3) is 0.0741. The van der Waals surface area contributed by atoms with E-state index in [0.717, 1.165) is 55.7 Å². The maximum Gasteiger partial charge on any atom is 0.135 e. The van der Waals surface area contributed by atoms with Crippen molar-refractivity contribution in [3.05, 3.63) is 205 Å². The molecule has 0 spiro atoms. The van der Waals surface area contributed by atoms with Crippen molar-refractivity contribution in [2.45, 2.75) is 26.2 Å². The van der Waals surface area contributed by atoms with Crippen LogP contribution in [0.1, 0.15) is 36.1 Å². The first-order valence-electron chi connectivity index (χ1n) is 19.4. The predicted molar refractivity (Wildman–Crippen MR) is 237 cm³/mol. The molecule has 0 bridgehead atoms. The monoisotopic (exact) mass is 719 g/mol. The third-order valence-corrected chi connectivity index (χ3v) is 11.8. The van der Waals surface area contributed by atoms with Crippen LogP contribution in [0.25, 0.3) is 72.5 Å². The van der Waals surface area contributed by atoms with E-state index < -0.39 is 0 Å². The van der Waals surface area contributed by atoms with Crippen LogP contribution in [0.15, 0.2) is 187 Å². The lowest BCUT2D eigenvalue weighted by molar-refractivity contribution is 0.660. The van der Waals surface area contributed by atoms with Gasteiger partial charge in [-0.3, -0.25) is 0 Å². The number of anilines is 3. The number of para-hydroxylation sites is 1. The van der Waals surface area contributed by atoms with Crippen molar-refractivity contribution in [3.63, 3.8) is 0 Å². The number of rotatable bonds is 7. The van der Waals surface area contributed by atoms with E-state index in [1.54, 1.807) is 0 Å². The number of hydrogen-bond acceptors (Lipinski definition) is 2. The molecular formula is C54H41NO. The molecule has 2 nitrogen and oxygen atoms in total. The molecular weight excluding hydrogens is 679 g/mol. The second-order valence-corrected chi connectivity index (χ2v) is 15.4. The summed E-state index contributed by atoms with van der Waals surface area (Å²) in [5, 5.41) is 2.20. The standard InChI is InChI=1S/C54H41NO/c1-5-36-30-47-42-20-12-14-22-49(42)54(3,4)50(47)34-45(36)44-32-40(26-24-35(44)2)55(41-27-29-53-48(33-41)43-21-13-15-23-52(43)56-53)51-28-25-39(37-16-8-6-9-17-37)31-46(51)38-18-10-7-11-19-38/h5-34H,1H2,2-4H3. The molecule has 0 N–H and O–H groups in total. The zero-order chi connectivity index (χ0) is 38.0. The lowest BCUT2D eigenvalue weighted by Gasteiger charge is -2.29. The molecule has 0 saturated heterocycles. The Labute approximate surface area is 328 Å². The Morgan fingerprint density at radius 2 is 1.16 bits per heavy atom. The number of nitrogens with zero attached hydrogens (tertiary/aromatic N) is 1. The number of fused-ring (bicyclic) bond motifs is 6. The van der Waals surface area contributed by atoms with E-state index in [4.69, 9.17) is 4.42 Å². The molecule has 9 aromatic rings. The average molecular weight is 720 g/mol. The summed E-state index contributed by atoms with van der Waals surface area (Å²) in [5.41, 5.74) is 19.6. The molecule has 1 aromatic heterocycles. The molecule has 0 aliphatic heterocycles. The Morgan fingerprint density at radius 1 is 0.482 bits per heavy atom. The molecule has 268 valence electrons. The minimum absolute atomic E-state index is 0.119. The maximum atomic E-state index is 6.32. The van der Waals surface area contributed by atoms with Crippen molar-refractivity contribution in [3.8, 4) is 44.5 Å². The molecule has 0 saturated carbocycles. The SMILES string of the molecule is C=Cc1cc2c(cc1-c1cc(N(c3ccc4oc5ccccc5c4c3)c3ccc(-c4ccccc4)cc3-c3ccccc3)ccc1C)C(C)(C)c1ccccc1-2. The Hall–Kier alpha value is -6.90. The highest BCUT2D eigenvalue weighted by Gasteiger charge is 2.36. The summed E-state index contributed by atoms with van der Waals surface area (Å²) >= 11 is 0. The highest BCUT2D eigenvalue weighted by Crippen LogP contribution is 2.51. The van der Waals surface area contributed by atoms with Crippen LogP contribution in [-0.2, 0) is 5.41 Å². The Kier molecular flexibility index (Phi) is 7.90. The van der Waals surface area contributed by atoms with Gasteiger partial charge in [-0.1, -0.05) is 142 Å². The summed E-state index contributed by atoms with van der Waals surface area (Å²) in [4.78, 5) is 2.42. The van der Waals surface area contributed by atoms with Gasteiger partial charge in [-0.15, -0.1) is 0 Å². The number of hydrogen-bond donors (Lipinski definition) is 0. The quantitative estimate of drug-likeness (QED) is 0.163. The Bertz CT molecular complexity index is 2970. The lowest BCUT2D eigenvalue weighted by atomic mass is 9.80.